The molecule has 18 heavy (non-hydrogen) atoms. The first kappa shape index (κ1) is 13.1. The number of sulfonamides is 1. The van der Waals surface area contributed by atoms with Crippen LogP contribution < -0.4 is 4.72 Å². The van der Waals surface area contributed by atoms with Gasteiger partial charge in [0.25, 0.3) is 10.0 Å². The van der Waals surface area contributed by atoms with Gasteiger partial charge in [0.05, 0.1) is 22.0 Å². The van der Waals surface area contributed by atoms with Crippen molar-refractivity contribution in [3.05, 3.63) is 40.1 Å². The van der Waals surface area contributed by atoms with Gasteiger partial charge >= 0.3 is 0 Å². The topological polar surface area (TPSA) is 74.8 Å². The van der Waals surface area contributed by atoms with Gasteiger partial charge in [-0.2, -0.15) is 5.10 Å². The van der Waals surface area contributed by atoms with E-state index >= 15 is 0 Å². The lowest BCUT2D eigenvalue weighted by Gasteiger charge is -2.08. The van der Waals surface area contributed by atoms with Gasteiger partial charge in [-0.05, 0) is 32.0 Å². The molecule has 2 rings (SSSR count). The van der Waals surface area contributed by atoms with E-state index in [0.29, 0.717) is 21.5 Å². The number of halogens is 1. The molecule has 0 spiro atoms. The van der Waals surface area contributed by atoms with Gasteiger partial charge in [0, 0.05) is 4.47 Å². The third kappa shape index (κ3) is 2.56. The number of hydrogen-bond donors (Lipinski definition) is 2. The van der Waals surface area contributed by atoms with Crippen molar-refractivity contribution in [2.24, 2.45) is 0 Å². The lowest BCUT2D eigenvalue weighted by molar-refractivity contribution is 0.601. The minimum absolute atomic E-state index is 0.205. The largest absolute Gasteiger partial charge is 0.280 e. The summed E-state index contributed by atoms with van der Waals surface area (Å²) in [4.78, 5) is 0.205. The zero-order valence-electron chi connectivity index (χ0n) is 9.86. The maximum atomic E-state index is 12.2. The summed E-state index contributed by atoms with van der Waals surface area (Å²) in [6.07, 6.45) is 0. The third-order valence-corrected chi connectivity index (χ3v) is 4.31. The van der Waals surface area contributed by atoms with Crippen molar-refractivity contribution in [2.45, 2.75) is 18.7 Å². The van der Waals surface area contributed by atoms with Crippen LogP contribution in [0.2, 0.25) is 0 Å². The molecule has 0 atom stereocenters. The molecule has 0 amide bonds. The van der Waals surface area contributed by atoms with Crippen molar-refractivity contribution in [2.75, 3.05) is 4.72 Å². The fraction of sp³-hybridized carbons (Fsp3) is 0.182. The Morgan fingerprint density at radius 2 is 2.06 bits per heavy atom. The summed E-state index contributed by atoms with van der Waals surface area (Å²) in [5.74, 6) is 0. The zero-order chi connectivity index (χ0) is 13.3. The molecule has 0 saturated heterocycles. The van der Waals surface area contributed by atoms with Gasteiger partial charge in [-0.25, -0.2) is 8.42 Å². The first-order valence-corrected chi connectivity index (χ1v) is 7.48. The predicted molar refractivity (Wildman–Crippen MR) is 73.0 cm³/mol. The lowest BCUT2D eigenvalue weighted by Crippen LogP contribution is -2.13. The Morgan fingerprint density at radius 3 is 2.61 bits per heavy atom. The van der Waals surface area contributed by atoms with Gasteiger partial charge in [0.2, 0.25) is 0 Å². The average molecular weight is 330 g/mol. The molecule has 0 unspecified atom stereocenters. The number of aryl methyl sites for hydroxylation is 2. The van der Waals surface area contributed by atoms with Crippen molar-refractivity contribution in [3.8, 4) is 0 Å². The highest BCUT2D eigenvalue weighted by molar-refractivity contribution is 9.10. The van der Waals surface area contributed by atoms with E-state index in [2.05, 4.69) is 30.8 Å². The first-order valence-electron chi connectivity index (χ1n) is 5.20. The number of H-pyrrole nitrogens is 1. The molecule has 2 N–H and O–H groups in total. The van der Waals surface area contributed by atoms with Crippen LogP contribution in [0.5, 0.6) is 0 Å². The maximum absolute atomic E-state index is 12.2. The number of hydrogen-bond acceptors (Lipinski definition) is 3. The SMILES string of the molecule is Cc1n[nH]c(C)c1NS(=O)(=O)c1cccc(Br)c1. The minimum Gasteiger partial charge on any atom is -0.280 e. The molecule has 1 aromatic carbocycles. The molecule has 96 valence electrons. The van der Waals surface area contributed by atoms with Crippen molar-refractivity contribution in [3.63, 3.8) is 0 Å². The molecule has 0 aliphatic carbocycles. The summed E-state index contributed by atoms with van der Waals surface area (Å²) in [5.41, 5.74) is 1.80. The van der Waals surface area contributed by atoms with Crippen molar-refractivity contribution in [1.82, 2.24) is 10.2 Å². The van der Waals surface area contributed by atoms with Crippen LogP contribution in [0, 0.1) is 13.8 Å². The van der Waals surface area contributed by atoms with Crippen LogP contribution in [-0.4, -0.2) is 18.6 Å². The van der Waals surface area contributed by atoms with Gasteiger partial charge < -0.3 is 0 Å². The van der Waals surface area contributed by atoms with E-state index in [1.54, 1.807) is 32.0 Å². The summed E-state index contributed by atoms with van der Waals surface area (Å²) in [6, 6.07) is 6.53. The fourth-order valence-electron chi connectivity index (χ4n) is 1.53. The van der Waals surface area contributed by atoms with Crippen LogP contribution in [0.1, 0.15) is 11.4 Å². The molecule has 0 aliphatic heterocycles. The Morgan fingerprint density at radius 1 is 1.33 bits per heavy atom. The van der Waals surface area contributed by atoms with E-state index in [0.717, 1.165) is 0 Å². The van der Waals surface area contributed by atoms with E-state index in [9.17, 15) is 8.42 Å². The van der Waals surface area contributed by atoms with E-state index in [1.807, 2.05) is 0 Å². The Bertz CT molecular complexity index is 660. The summed E-state index contributed by atoms with van der Waals surface area (Å²) in [7, 11) is -3.59. The number of nitrogens with one attached hydrogen (secondary N) is 2. The quantitative estimate of drug-likeness (QED) is 0.908. The molecule has 0 bridgehead atoms. The van der Waals surface area contributed by atoms with Gasteiger partial charge in [-0.3, -0.25) is 9.82 Å². The average Bonchev–Trinajstić information content (AvgIpc) is 2.60. The molecule has 0 saturated carbocycles. The number of benzene rings is 1. The van der Waals surface area contributed by atoms with Gasteiger partial charge in [-0.1, -0.05) is 22.0 Å². The fourth-order valence-corrected chi connectivity index (χ4v) is 3.31. The first-order chi connectivity index (χ1) is 8.40. The Labute approximate surface area is 114 Å². The molecule has 0 radical (unpaired) electrons. The highest BCUT2D eigenvalue weighted by Gasteiger charge is 2.18. The molecular formula is C11H12BrN3O2S. The lowest BCUT2D eigenvalue weighted by atomic mass is 10.3. The number of rotatable bonds is 3. The molecule has 0 fully saturated rings. The smallest absolute Gasteiger partial charge is 0.262 e. The number of anilines is 1. The highest BCUT2D eigenvalue weighted by atomic mass is 79.9. The summed E-state index contributed by atoms with van der Waals surface area (Å²) < 4.78 is 27.6. The maximum Gasteiger partial charge on any atom is 0.262 e. The molecule has 5 nitrogen and oxygen atoms in total. The second-order valence-corrected chi connectivity index (χ2v) is 6.47. The van der Waals surface area contributed by atoms with Crippen molar-refractivity contribution >= 4 is 31.6 Å². The Hall–Kier alpha value is -1.34. The Balaban J connectivity index is 2.39. The zero-order valence-corrected chi connectivity index (χ0v) is 12.3. The van der Waals surface area contributed by atoms with Crippen LogP contribution in [0.15, 0.2) is 33.6 Å². The predicted octanol–water partition coefficient (Wildman–Crippen LogP) is 2.59. The van der Waals surface area contributed by atoms with E-state index in [-0.39, 0.29) is 4.90 Å². The summed E-state index contributed by atoms with van der Waals surface area (Å²) in [5, 5.41) is 6.69. The normalized spacial score (nSPS) is 11.5. The van der Waals surface area contributed by atoms with Crippen LogP contribution in [0.3, 0.4) is 0 Å². The molecular weight excluding hydrogens is 318 g/mol. The van der Waals surface area contributed by atoms with Gasteiger partial charge in [0.1, 0.15) is 0 Å². The second kappa shape index (κ2) is 4.74. The monoisotopic (exact) mass is 329 g/mol. The minimum atomic E-state index is -3.59. The number of aromatic amines is 1. The molecule has 1 aromatic heterocycles. The van der Waals surface area contributed by atoms with Crippen LogP contribution in [0.25, 0.3) is 0 Å². The van der Waals surface area contributed by atoms with Crippen LogP contribution in [0.4, 0.5) is 5.69 Å². The van der Waals surface area contributed by atoms with E-state index in [4.69, 9.17) is 0 Å². The standard InChI is InChI=1S/C11H12BrN3O2S/c1-7-11(8(2)14-13-7)15-18(16,17)10-5-3-4-9(12)6-10/h3-6,15H,1-2H3,(H,13,14). The summed E-state index contributed by atoms with van der Waals surface area (Å²) in [6.45, 7) is 3.50. The van der Waals surface area contributed by atoms with Crippen molar-refractivity contribution < 1.29 is 8.42 Å². The van der Waals surface area contributed by atoms with Crippen LogP contribution >= 0.6 is 15.9 Å². The molecule has 0 aliphatic rings. The van der Waals surface area contributed by atoms with E-state index in [1.165, 1.54) is 6.07 Å². The number of nitrogens with zero attached hydrogens (tertiary/aromatic N) is 1. The second-order valence-electron chi connectivity index (χ2n) is 3.87. The van der Waals surface area contributed by atoms with E-state index < -0.39 is 10.0 Å². The van der Waals surface area contributed by atoms with Gasteiger partial charge in [-0.15, -0.1) is 0 Å². The third-order valence-electron chi connectivity index (χ3n) is 2.47. The molecule has 1 heterocycles. The number of aromatic nitrogens is 2. The van der Waals surface area contributed by atoms with Crippen molar-refractivity contribution in [1.29, 1.82) is 0 Å². The summed E-state index contributed by atoms with van der Waals surface area (Å²) >= 11 is 3.25. The Kier molecular flexibility index (Phi) is 3.45. The highest BCUT2D eigenvalue weighted by Crippen LogP contribution is 2.22. The molecule has 2 aromatic rings. The molecule has 7 heteroatoms. The van der Waals surface area contributed by atoms with Crippen LogP contribution in [-0.2, 0) is 10.0 Å². The van der Waals surface area contributed by atoms with Gasteiger partial charge in [0.15, 0.2) is 0 Å².